The van der Waals surface area contributed by atoms with Crippen molar-refractivity contribution in [2.45, 2.75) is 18.4 Å². The fourth-order valence-electron chi connectivity index (χ4n) is 2.39. The normalized spacial score (nSPS) is 17.9. The van der Waals surface area contributed by atoms with Gasteiger partial charge in [-0.25, -0.2) is 0 Å². The van der Waals surface area contributed by atoms with E-state index in [1.54, 1.807) is 24.3 Å². The van der Waals surface area contributed by atoms with Gasteiger partial charge in [0, 0.05) is 24.2 Å². The minimum atomic E-state index is -1.40. The summed E-state index contributed by atoms with van der Waals surface area (Å²) in [6.07, 6.45) is 2.46. The Morgan fingerprint density at radius 1 is 1.19 bits per heavy atom. The predicted molar refractivity (Wildman–Crippen MR) is 75.3 cm³/mol. The minimum absolute atomic E-state index is 0.356. The van der Waals surface area contributed by atoms with E-state index in [4.69, 9.17) is 11.6 Å². The molecule has 1 heterocycles. The maximum Gasteiger partial charge on any atom is 0.246 e. The Morgan fingerprint density at radius 3 is 2.29 bits per heavy atom. The number of rotatable bonds is 3. The fraction of sp³-hybridized carbons (Fsp3) is 0.333. The lowest BCUT2D eigenvalue weighted by Crippen LogP contribution is -2.44. The number of benzene rings is 1. The third-order valence-corrected chi connectivity index (χ3v) is 3.90. The first-order valence-electron chi connectivity index (χ1n) is 6.57. The molecule has 0 aliphatic carbocycles. The maximum atomic E-state index is 11.7. The van der Waals surface area contributed by atoms with Gasteiger partial charge in [0.15, 0.2) is 0 Å². The Balaban J connectivity index is 2.00. The SMILES string of the molecule is O=C([O-])C=CC(=O)N1CCC(O)(c2ccc(Cl)cc2)CC1. The monoisotopic (exact) mass is 308 g/mol. The van der Waals surface area contributed by atoms with E-state index in [-0.39, 0.29) is 0 Å². The summed E-state index contributed by atoms with van der Waals surface area (Å²) in [6, 6.07) is 6.98. The summed E-state index contributed by atoms with van der Waals surface area (Å²) in [5.41, 5.74) is -0.219. The topological polar surface area (TPSA) is 80.7 Å². The third-order valence-electron chi connectivity index (χ3n) is 3.65. The van der Waals surface area contributed by atoms with E-state index in [9.17, 15) is 19.8 Å². The highest BCUT2D eigenvalue weighted by molar-refractivity contribution is 6.30. The molecule has 21 heavy (non-hydrogen) atoms. The number of amides is 1. The largest absolute Gasteiger partial charge is 0.545 e. The number of hydrogen-bond acceptors (Lipinski definition) is 4. The quantitative estimate of drug-likeness (QED) is 0.822. The summed E-state index contributed by atoms with van der Waals surface area (Å²) in [5, 5.41) is 21.5. The fourth-order valence-corrected chi connectivity index (χ4v) is 2.52. The van der Waals surface area contributed by atoms with Crippen LogP contribution in [0.1, 0.15) is 18.4 Å². The molecule has 1 aromatic carbocycles. The van der Waals surface area contributed by atoms with Crippen LogP contribution >= 0.6 is 11.6 Å². The zero-order valence-corrected chi connectivity index (χ0v) is 12.0. The lowest BCUT2D eigenvalue weighted by molar-refractivity contribution is -0.297. The average Bonchev–Trinajstić information content (AvgIpc) is 2.46. The van der Waals surface area contributed by atoms with Crippen molar-refractivity contribution in [1.82, 2.24) is 4.90 Å². The maximum absolute atomic E-state index is 11.7. The number of carboxylic acid groups (broad SMARTS) is 1. The molecule has 0 atom stereocenters. The molecule has 2 rings (SSSR count). The highest BCUT2D eigenvalue weighted by Crippen LogP contribution is 2.33. The van der Waals surface area contributed by atoms with Crippen molar-refractivity contribution in [3.8, 4) is 0 Å². The predicted octanol–water partition coefficient (Wildman–Crippen LogP) is 0.456. The summed E-state index contributed by atoms with van der Waals surface area (Å²) in [4.78, 5) is 23.5. The summed E-state index contributed by atoms with van der Waals surface area (Å²) in [7, 11) is 0. The lowest BCUT2D eigenvalue weighted by atomic mass is 9.84. The Hall–Kier alpha value is -1.85. The van der Waals surface area contributed by atoms with E-state index in [1.165, 1.54) is 4.90 Å². The van der Waals surface area contributed by atoms with Crippen LogP contribution in [-0.4, -0.2) is 35.0 Å². The van der Waals surface area contributed by atoms with Gasteiger partial charge in [-0.05, 0) is 36.6 Å². The highest BCUT2D eigenvalue weighted by atomic mass is 35.5. The number of hydrogen-bond donors (Lipinski definition) is 1. The molecule has 1 fully saturated rings. The molecule has 1 N–H and O–H groups in total. The van der Waals surface area contributed by atoms with Gasteiger partial charge in [-0.2, -0.15) is 0 Å². The molecule has 0 aromatic heterocycles. The Morgan fingerprint density at radius 2 is 1.76 bits per heavy atom. The van der Waals surface area contributed by atoms with Gasteiger partial charge in [0.2, 0.25) is 5.91 Å². The van der Waals surface area contributed by atoms with Crippen LogP contribution in [0.2, 0.25) is 5.02 Å². The molecule has 0 spiro atoms. The minimum Gasteiger partial charge on any atom is -0.545 e. The van der Waals surface area contributed by atoms with Crippen molar-refractivity contribution in [1.29, 1.82) is 0 Å². The van der Waals surface area contributed by atoms with Crippen LogP contribution in [0, 0.1) is 0 Å². The van der Waals surface area contributed by atoms with Gasteiger partial charge in [-0.15, -0.1) is 0 Å². The molecule has 6 heteroatoms. The van der Waals surface area contributed by atoms with Crippen molar-refractivity contribution in [3.63, 3.8) is 0 Å². The van der Waals surface area contributed by atoms with Gasteiger partial charge in [0.25, 0.3) is 0 Å². The number of likely N-dealkylation sites (tertiary alicyclic amines) is 1. The van der Waals surface area contributed by atoms with Crippen molar-refractivity contribution >= 4 is 23.5 Å². The highest BCUT2D eigenvalue weighted by Gasteiger charge is 2.34. The first-order valence-corrected chi connectivity index (χ1v) is 6.95. The van der Waals surface area contributed by atoms with E-state index < -0.39 is 17.5 Å². The second kappa shape index (κ2) is 6.28. The number of halogens is 1. The molecule has 0 unspecified atom stereocenters. The molecule has 1 aliphatic heterocycles. The second-order valence-corrected chi connectivity index (χ2v) is 5.45. The number of carbonyl (C=O) groups excluding carboxylic acids is 2. The molecule has 1 saturated heterocycles. The molecular formula is C15H15ClNO4-. The molecule has 5 nitrogen and oxygen atoms in total. The molecule has 0 radical (unpaired) electrons. The lowest BCUT2D eigenvalue weighted by Gasteiger charge is -2.38. The number of nitrogens with zero attached hydrogens (tertiary/aromatic N) is 1. The van der Waals surface area contributed by atoms with Gasteiger partial charge in [-0.1, -0.05) is 23.7 Å². The first-order chi connectivity index (χ1) is 9.90. The number of aliphatic carboxylic acids is 1. The third kappa shape index (κ3) is 3.83. The van der Waals surface area contributed by atoms with Crippen LogP contribution in [0.15, 0.2) is 36.4 Å². The molecule has 1 aromatic rings. The van der Waals surface area contributed by atoms with Crippen molar-refractivity contribution < 1.29 is 19.8 Å². The van der Waals surface area contributed by atoms with Crippen molar-refractivity contribution in [3.05, 3.63) is 47.0 Å². The second-order valence-electron chi connectivity index (χ2n) is 5.02. The molecule has 1 amide bonds. The van der Waals surface area contributed by atoms with Gasteiger partial charge >= 0.3 is 0 Å². The van der Waals surface area contributed by atoms with Crippen molar-refractivity contribution in [2.24, 2.45) is 0 Å². The van der Waals surface area contributed by atoms with Crippen molar-refractivity contribution in [2.75, 3.05) is 13.1 Å². The van der Waals surface area contributed by atoms with E-state index in [2.05, 4.69) is 0 Å². The van der Waals surface area contributed by atoms with Gasteiger partial charge in [0.1, 0.15) is 0 Å². The summed E-state index contributed by atoms with van der Waals surface area (Å²) < 4.78 is 0. The van der Waals surface area contributed by atoms with E-state index in [0.717, 1.165) is 11.6 Å². The van der Waals surface area contributed by atoms with Crippen LogP contribution in [0.25, 0.3) is 0 Å². The van der Waals surface area contributed by atoms with Crippen LogP contribution in [0.4, 0.5) is 0 Å². The molecule has 0 saturated carbocycles. The van der Waals surface area contributed by atoms with Crippen LogP contribution in [0.5, 0.6) is 0 Å². The Labute approximate surface area is 127 Å². The van der Waals surface area contributed by atoms with Gasteiger partial charge in [0.05, 0.1) is 11.6 Å². The number of carboxylic acids is 1. The van der Waals surface area contributed by atoms with E-state index >= 15 is 0 Å². The average molecular weight is 309 g/mol. The van der Waals surface area contributed by atoms with Gasteiger partial charge < -0.3 is 19.9 Å². The molecule has 112 valence electrons. The Kier molecular flexibility index (Phi) is 4.65. The number of carbonyl (C=O) groups is 2. The Bertz CT molecular complexity index is 560. The zero-order valence-electron chi connectivity index (χ0n) is 11.3. The standard InChI is InChI=1S/C15H16ClNO4/c16-12-3-1-11(2-4-12)15(21)7-9-17(10-8-15)13(18)5-6-14(19)20/h1-6,21H,7-10H2,(H,19,20)/p-1. The zero-order chi connectivity index (χ0) is 15.5. The first kappa shape index (κ1) is 15.5. The molecule has 0 bridgehead atoms. The van der Waals surface area contributed by atoms with Crippen LogP contribution in [-0.2, 0) is 15.2 Å². The molecule has 1 aliphatic rings. The molecular weight excluding hydrogens is 294 g/mol. The summed E-state index contributed by atoms with van der Waals surface area (Å²) in [6.45, 7) is 0.713. The smallest absolute Gasteiger partial charge is 0.246 e. The van der Waals surface area contributed by atoms with Crippen LogP contribution < -0.4 is 5.11 Å². The van der Waals surface area contributed by atoms with E-state index in [0.29, 0.717) is 37.0 Å². The number of piperidine rings is 1. The van der Waals surface area contributed by atoms with E-state index in [1.807, 2.05) is 0 Å². The number of aliphatic hydroxyl groups is 1. The summed E-state index contributed by atoms with van der Waals surface area (Å²) in [5.74, 6) is -1.80. The van der Waals surface area contributed by atoms with Gasteiger partial charge in [-0.3, -0.25) is 4.79 Å². The summed E-state index contributed by atoms with van der Waals surface area (Å²) >= 11 is 5.83. The van der Waals surface area contributed by atoms with Crippen LogP contribution in [0.3, 0.4) is 0 Å².